The van der Waals surface area contributed by atoms with Crippen molar-refractivity contribution in [2.24, 2.45) is 0 Å². The third kappa shape index (κ3) is 2.11. The Bertz CT molecular complexity index is 331. The maximum atomic E-state index is 11.5. The molecule has 0 saturated carbocycles. The summed E-state index contributed by atoms with van der Waals surface area (Å²) >= 11 is 4.92. The molecule has 0 amide bonds. The van der Waals surface area contributed by atoms with Crippen LogP contribution in [0, 0.1) is 13.8 Å². The van der Waals surface area contributed by atoms with Crippen LogP contribution in [0.3, 0.4) is 0 Å². The van der Waals surface area contributed by atoms with Crippen molar-refractivity contribution in [2.75, 3.05) is 6.61 Å². The van der Waals surface area contributed by atoms with E-state index in [1.807, 2.05) is 13.8 Å². The van der Waals surface area contributed by atoms with Gasteiger partial charge in [-0.05, 0) is 42.3 Å². The Morgan fingerprint density at radius 2 is 2.15 bits per heavy atom. The molecule has 0 atom stereocenters. The summed E-state index contributed by atoms with van der Waals surface area (Å²) in [7, 11) is 0. The van der Waals surface area contributed by atoms with Gasteiger partial charge in [-0.1, -0.05) is 0 Å². The largest absolute Gasteiger partial charge is 0.462 e. The first-order valence-electron chi connectivity index (χ1n) is 4.00. The van der Waals surface area contributed by atoms with E-state index < -0.39 is 0 Å². The van der Waals surface area contributed by atoms with Gasteiger partial charge in [0.2, 0.25) is 0 Å². The van der Waals surface area contributed by atoms with Crippen LogP contribution in [0.25, 0.3) is 0 Å². The smallest absolute Gasteiger partial charge is 0.340 e. The van der Waals surface area contributed by atoms with Gasteiger partial charge in [-0.2, -0.15) is 0 Å². The molecule has 4 heteroatoms. The van der Waals surface area contributed by atoms with Crippen LogP contribution in [-0.2, 0) is 4.74 Å². The van der Waals surface area contributed by atoms with Gasteiger partial charge in [0.25, 0.3) is 0 Å². The number of ether oxygens (including phenoxy) is 1. The molecule has 72 valence electrons. The molecule has 2 nitrogen and oxygen atoms in total. The van der Waals surface area contributed by atoms with Gasteiger partial charge in [0.05, 0.1) is 16.0 Å². The first-order valence-corrected chi connectivity index (χ1v) is 5.61. The summed E-state index contributed by atoms with van der Waals surface area (Å²) in [5.74, 6) is -0.240. The van der Waals surface area contributed by atoms with Gasteiger partial charge < -0.3 is 4.74 Å². The molecule has 1 aromatic rings. The lowest BCUT2D eigenvalue weighted by atomic mass is 10.2. The zero-order valence-corrected chi connectivity index (χ0v) is 10.2. The molecule has 1 rings (SSSR count). The Balaban J connectivity index is 3.06. The number of rotatable bonds is 2. The van der Waals surface area contributed by atoms with Crippen LogP contribution in [0.1, 0.15) is 27.7 Å². The molecule has 1 aromatic heterocycles. The number of thiophene rings is 1. The summed E-state index contributed by atoms with van der Waals surface area (Å²) in [5, 5.41) is 0. The summed E-state index contributed by atoms with van der Waals surface area (Å²) in [6, 6.07) is 0. The zero-order valence-electron chi connectivity index (χ0n) is 7.81. The van der Waals surface area contributed by atoms with Gasteiger partial charge in [-0.25, -0.2) is 4.79 Å². The maximum Gasteiger partial charge on any atom is 0.340 e. The first-order chi connectivity index (χ1) is 6.07. The summed E-state index contributed by atoms with van der Waals surface area (Å²) in [6.07, 6.45) is 0. The SMILES string of the molecule is CCOC(=O)c1c(Br)sc(C)c1C. The minimum Gasteiger partial charge on any atom is -0.462 e. The molecule has 1 heterocycles. The lowest BCUT2D eigenvalue weighted by Gasteiger charge is -2.01. The highest BCUT2D eigenvalue weighted by Gasteiger charge is 2.18. The Morgan fingerprint density at radius 3 is 2.54 bits per heavy atom. The zero-order chi connectivity index (χ0) is 10.0. The molecule has 0 bridgehead atoms. The maximum absolute atomic E-state index is 11.5. The van der Waals surface area contributed by atoms with Gasteiger partial charge in [0.1, 0.15) is 0 Å². The normalized spacial score (nSPS) is 10.2. The molecule has 0 unspecified atom stereocenters. The average Bonchev–Trinajstić information content (AvgIpc) is 2.27. The number of aryl methyl sites for hydroxylation is 1. The summed E-state index contributed by atoms with van der Waals surface area (Å²) < 4.78 is 5.80. The van der Waals surface area contributed by atoms with Crippen LogP contribution in [0.4, 0.5) is 0 Å². The van der Waals surface area contributed by atoms with Crippen molar-refractivity contribution < 1.29 is 9.53 Å². The highest BCUT2D eigenvalue weighted by atomic mass is 79.9. The third-order valence-corrected chi connectivity index (χ3v) is 3.70. The molecule has 13 heavy (non-hydrogen) atoms. The first kappa shape index (κ1) is 10.7. The topological polar surface area (TPSA) is 26.3 Å². The van der Waals surface area contributed by atoms with E-state index in [9.17, 15) is 4.79 Å². The van der Waals surface area contributed by atoms with E-state index >= 15 is 0 Å². The Hall–Kier alpha value is -0.350. The second kappa shape index (κ2) is 4.24. The Labute approximate surface area is 90.0 Å². The fraction of sp³-hybridized carbons (Fsp3) is 0.444. The van der Waals surface area contributed by atoms with E-state index in [-0.39, 0.29) is 5.97 Å². The van der Waals surface area contributed by atoms with E-state index in [1.165, 1.54) is 0 Å². The number of esters is 1. The van der Waals surface area contributed by atoms with Crippen molar-refractivity contribution in [1.82, 2.24) is 0 Å². The molecular weight excluding hydrogens is 252 g/mol. The van der Waals surface area contributed by atoms with Crippen LogP contribution < -0.4 is 0 Å². The van der Waals surface area contributed by atoms with Crippen molar-refractivity contribution in [2.45, 2.75) is 20.8 Å². The van der Waals surface area contributed by atoms with Crippen LogP contribution in [0.2, 0.25) is 0 Å². The van der Waals surface area contributed by atoms with E-state index in [2.05, 4.69) is 15.9 Å². The number of halogens is 1. The molecule has 0 fully saturated rings. The summed E-state index contributed by atoms with van der Waals surface area (Å²) in [6.45, 7) is 6.15. The molecule has 0 aliphatic carbocycles. The van der Waals surface area contributed by atoms with Crippen molar-refractivity contribution in [3.63, 3.8) is 0 Å². The monoisotopic (exact) mass is 262 g/mol. The third-order valence-electron chi connectivity index (χ3n) is 1.82. The number of carbonyl (C=O) groups is 1. The average molecular weight is 263 g/mol. The predicted molar refractivity (Wildman–Crippen MR) is 57.4 cm³/mol. The fourth-order valence-electron chi connectivity index (χ4n) is 1.02. The molecule has 0 spiro atoms. The van der Waals surface area contributed by atoms with Crippen LogP contribution in [0.15, 0.2) is 3.79 Å². The number of hydrogen-bond donors (Lipinski definition) is 0. The van der Waals surface area contributed by atoms with Crippen LogP contribution in [0.5, 0.6) is 0 Å². The van der Waals surface area contributed by atoms with Gasteiger partial charge in [0.15, 0.2) is 0 Å². The quantitative estimate of drug-likeness (QED) is 0.765. The Morgan fingerprint density at radius 1 is 1.54 bits per heavy atom. The van der Waals surface area contributed by atoms with E-state index in [4.69, 9.17) is 4.74 Å². The van der Waals surface area contributed by atoms with Gasteiger partial charge >= 0.3 is 5.97 Å². The van der Waals surface area contributed by atoms with Crippen molar-refractivity contribution in [3.8, 4) is 0 Å². The minimum absolute atomic E-state index is 0.240. The van der Waals surface area contributed by atoms with Crippen molar-refractivity contribution >= 4 is 33.2 Å². The molecule has 0 N–H and O–H groups in total. The van der Waals surface area contributed by atoms with Gasteiger partial charge in [0, 0.05) is 4.88 Å². The predicted octanol–water partition coefficient (Wildman–Crippen LogP) is 3.30. The van der Waals surface area contributed by atoms with E-state index in [1.54, 1.807) is 18.3 Å². The van der Waals surface area contributed by atoms with Crippen LogP contribution in [-0.4, -0.2) is 12.6 Å². The molecule has 0 aliphatic heterocycles. The molecule has 0 radical (unpaired) electrons. The fourth-order valence-corrected chi connectivity index (χ4v) is 3.07. The number of hydrogen-bond acceptors (Lipinski definition) is 3. The van der Waals surface area contributed by atoms with E-state index in [0.717, 1.165) is 14.2 Å². The lowest BCUT2D eigenvalue weighted by molar-refractivity contribution is 0.0525. The van der Waals surface area contributed by atoms with Crippen molar-refractivity contribution in [3.05, 3.63) is 19.8 Å². The highest BCUT2D eigenvalue weighted by molar-refractivity contribution is 9.11. The molecule has 0 aromatic carbocycles. The standard InChI is InChI=1S/C9H11BrO2S/c1-4-12-9(11)7-5(2)6(3)13-8(7)10/h4H2,1-3H3. The summed E-state index contributed by atoms with van der Waals surface area (Å²) in [5.41, 5.74) is 1.68. The minimum atomic E-state index is -0.240. The van der Waals surface area contributed by atoms with E-state index in [0.29, 0.717) is 12.2 Å². The second-order valence-electron chi connectivity index (χ2n) is 2.65. The second-order valence-corrected chi connectivity index (χ2v) is 5.20. The van der Waals surface area contributed by atoms with Gasteiger partial charge in [-0.3, -0.25) is 0 Å². The van der Waals surface area contributed by atoms with Gasteiger partial charge in [-0.15, -0.1) is 11.3 Å². The lowest BCUT2D eigenvalue weighted by Crippen LogP contribution is -2.05. The Kier molecular flexibility index (Phi) is 3.50. The summed E-state index contributed by atoms with van der Waals surface area (Å²) in [4.78, 5) is 12.6. The van der Waals surface area contributed by atoms with Crippen LogP contribution >= 0.6 is 27.3 Å². The molecule has 0 saturated heterocycles. The highest BCUT2D eigenvalue weighted by Crippen LogP contribution is 2.32. The molecule has 0 aliphatic rings. The van der Waals surface area contributed by atoms with Crippen molar-refractivity contribution in [1.29, 1.82) is 0 Å². The molecular formula is C9H11BrO2S. The number of carbonyl (C=O) groups excluding carboxylic acids is 1.